The van der Waals surface area contributed by atoms with E-state index in [1.807, 2.05) is 12.1 Å². The van der Waals surface area contributed by atoms with Crippen molar-refractivity contribution in [2.75, 3.05) is 36.9 Å². The lowest BCUT2D eigenvalue weighted by molar-refractivity contribution is -0.118. The van der Waals surface area contributed by atoms with Gasteiger partial charge in [-0.25, -0.2) is 9.37 Å². The van der Waals surface area contributed by atoms with E-state index in [0.29, 0.717) is 47.1 Å². The molecule has 3 aromatic heterocycles. The highest BCUT2D eigenvalue weighted by molar-refractivity contribution is 5.94. The van der Waals surface area contributed by atoms with Gasteiger partial charge in [0.25, 0.3) is 11.5 Å². The van der Waals surface area contributed by atoms with Crippen molar-refractivity contribution in [2.45, 2.75) is 31.3 Å². The number of anilines is 2. The number of amides is 1. The zero-order valence-corrected chi connectivity index (χ0v) is 17.9. The number of carbonyl (C=O) groups is 1. The lowest BCUT2D eigenvalue weighted by Gasteiger charge is -2.34. The highest BCUT2D eigenvalue weighted by atomic mass is 19.1. The smallest absolute Gasteiger partial charge is 0.263 e. The van der Waals surface area contributed by atoms with Crippen molar-refractivity contribution in [3.05, 3.63) is 52.2 Å². The molecule has 1 fully saturated rings. The number of rotatable bonds is 4. The molecule has 1 atom stereocenters. The molecule has 0 saturated carbocycles. The SMILES string of the molecule is O=C1COc2ccc(NC3CCN(C[C@@H]4Cn5c(=O)ccc6ncc(F)c4c65)CC3)nc2N1. The Morgan fingerprint density at radius 2 is 2.03 bits per heavy atom. The molecule has 0 aliphatic carbocycles. The van der Waals surface area contributed by atoms with Gasteiger partial charge in [-0.1, -0.05) is 0 Å². The number of aromatic nitrogens is 3. The average Bonchev–Trinajstić information content (AvgIpc) is 3.20. The molecule has 10 heteroatoms. The van der Waals surface area contributed by atoms with Crippen LogP contribution in [0.3, 0.4) is 0 Å². The van der Waals surface area contributed by atoms with Crippen molar-refractivity contribution in [3.8, 4) is 5.75 Å². The molecule has 0 radical (unpaired) electrons. The van der Waals surface area contributed by atoms with Crippen molar-refractivity contribution >= 4 is 28.6 Å². The zero-order chi connectivity index (χ0) is 22.5. The van der Waals surface area contributed by atoms with Crippen LogP contribution in [0.5, 0.6) is 5.75 Å². The topological polar surface area (TPSA) is 101 Å². The zero-order valence-electron chi connectivity index (χ0n) is 17.9. The number of nitrogens with one attached hydrogen (secondary N) is 2. The van der Waals surface area contributed by atoms with Crippen LogP contribution in [0.1, 0.15) is 24.3 Å². The van der Waals surface area contributed by atoms with Gasteiger partial charge in [-0.2, -0.15) is 0 Å². The first-order valence-electron chi connectivity index (χ1n) is 11.2. The average molecular weight is 450 g/mol. The molecular weight excluding hydrogens is 427 g/mol. The Morgan fingerprint density at radius 3 is 2.88 bits per heavy atom. The van der Waals surface area contributed by atoms with E-state index in [2.05, 4.69) is 25.5 Å². The van der Waals surface area contributed by atoms with Crippen LogP contribution in [0.2, 0.25) is 0 Å². The lowest BCUT2D eigenvalue weighted by atomic mass is 9.98. The van der Waals surface area contributed by atoms with Gasteiger partial charge in [0.2, 0.25) is 0 Å². The van der Waals surface area contributed by atoms with E-state index >= 15 is 0 Å². The monoisotopic (exact) mass is 450 g/mol. The molecule has 0 bridgehead atoms. The number of likely N-dealkylation sites (tertiary alicyclic amines) is 1. The molecule has 1 saturated heterocycles. The molecule has 0 aromatic carbocycles. The van der Waals surface area contributed by atoms with Gasteiger partial charge in [0.1, 0.15) is 11.6 Å². The van der Waals surface area contributed by atoms with Crippen molar-refractivity contribution in [3.63, 3.8) is 0 Å². The van der Waals surface area contributed by atoms with Gasteiger partial charge >= 0.3 is 0 Å². The number of pyridine rings is 3. The first-order valence-corrected chi connectivity index (χ1v) is 11.2. The Kier molecular flexibility index (Phi) is 4.75. The molecule has 0 unspecified atom stereocenters. The molecule has 33 heavy (non-hydrogen) atoms. The molecule has 6 rings (SSSR count). The fraction of sp³-hybridized carbons (Fsp3) is 0.391. The number of hydrogen-bond acceptors (Lipinski definition) is 7. The summed E-state index contributed by atoms with van der Waals surface area (Å²) in [5.41, 5.74) is 1.80. The summed E-state index contributed by atoms with van der Waals surface area (Å²) in [5.74, 6) is 1.10. The van der Waals surface area contributed by atoms with E-state index in [9.17, 15) is 14.0 Å². The van der Waals surface area contributed by atoms with E-state index in [4.69, 9.17) is 4.74 Å². The molecule has 3 aliphatic rings. The molecule has 6 heterocycles. The van der Waals surface area contributed by atoms with E-state index in [-0.39, 0.29) is 35.9 Å². The van der Waals surface area contributed by atoms with Gasteiger partial charge in [0.15, 0.2) is 18.2 Å². The number of carbonyl (C=O) groups excluding carboxylic acids is 1. The molecule has 0 spiro atoms. The van der Waals surface area contributed by atoms with Gasteiger partial charge in [0, 0.05) is 49.8 Å². The number of fused-ring (bicyclic) bond motifs is 1. The molecule has 2 N–H and O–H groups in total. The summed E-state index contributed by atoms with van der Waals surface area (Å²) in [6, 6.07) is 7.09. The maximum Gasteiger partial charge on any atom is 0.263 e. The van der Waals surface area contributed by atoms with E-state index in [1.54, 1.807) is 10.6 Å². The van der Waals surface area contributed by atoms with Gasteiger partial charge in [-0.3, -0.25) is 14.6 Å². The molecule has 9 nitrogen and oxygen atoms in total. The second-order valence-corrected chi connectivity index (χ2v) is 8.83. The van der Waals surface area contributed by atoms with Crippen molar-refractivity contribution < 1.29 is 13.9 Å². The predicted octanol–water partition coefficient (Wildman–Crippen LogP) is 1.94. The number of hydrogen-bond donors (Lipinski definition) is 2. The summed E-state index contributed by atoms with van der Waals surface area (Å²) in [5, 5.41) is 6.18. The third-order valence-corrected chi connectivity index (χ3v) is 6.70. The second-order valence-electron chi connectivity index (χ2n) is 8.83. The Balaban J connectivity index is 1.11. The first-order chi connectivity index (χ1) is 16.0. The summed E-state index contributed by atoms with van der Waals surface area (Å²) in [4.78, 5) is 34.8. The Labute approximate surface area is 188 Å². The van der Waals surface area contributed by atoms with Crippen LogP contribution in [0.4, 0.5) is 16.0 Å². The van der Waals surface area contributed by atoms with E-state index in [0.717, 1.165) is 25.9 Å². The van der Waals surface area contributed by atoms with Crippen LogP contribution in [0.15, 0.2) is 35.3 Å². The third-order valence-electron chi connectivity index (χ3n) is 6.70. The Morgan fingerprint density at radius 1 is 1.18 bits per heavy atom. The summed E-state index contributed by atoms with van der Waals surface area (Å²) < 4.78 is 21.7. The predicted molar refractivity (Wildman–Crippen MR) is 120 cm³/mol. The van der Waals surface area contributed by atoms with Crippen LogP contribution in [0.25, 0.3) is 11.0 Å². The summed E-state index contributed by atoms with van der Waals surface area (Å²) in [6.45, 7) is 2.92. The molecule has 1 amide bonds. The highest BCUT2D eigenvalue weighted by Crippen LogP contribution is 2.35. The van der Waals surface area contributed by atoms with Gasteiger partial charge in [-0.05, 0) is 31.0 Å². The molecular formula is C23H23FN6O3. The fourth-order valence-electron chi connectivity index (χ4n) is 5.12. The van der Waals surface area contributed by atoms with E-state index < -0.39 is 0 Å². The Hall–Kier alpha value is -3.53. The lowest BCUT2D eigenvalue weighted by Crippen LogP contribution is -2.41. The highest BCUT2D eigenvalue weighted by Gasteiger charge is 2.31. The minimum atomic E-state index is -0.338. The minimum Gasteiger partial charge on any atom is -0.480 e. The van der Waals surface area contributed by atoms with Crippen LogP contribution >= 0.6 is 0 Å². The fourth-order valence-corrected chi connectivity index (χ4v) is 5.12. The van der Waals surface area contributed by atoms with Gasteiger partial charge in [-0.15, -0.1) is 0 Å². The number of halogens is 1. The number of nitrogens with zero attached hydrogens (tertiary/aromatic N) is 4. The minimum absolute atomic E-state index is 0.00946. The van der Waals surface area contributed by atoms with E-state index in [1.165, 1.54) is 12.3 Å². The second kappa shape index (κ2) is 7.80. The molecule has 170 valence electrons. The normalized spacial score (nSPS) is 20.4. The van der Waals surface area contributed by atoms with Crippen LogP contribution in [-0.2, 0) is 11.3 Å². The summed E-state index contributed by atoms with van der Waals surface area (Å²) in [7, 11) is 0. The number of ether oxygens (including phenoxy) is 1. The van der Waals surface area contributed by atoms with Crippen molar-refractivity contribution in [2.24, 2.45) is 0 Å². The van der Waals surface area contributed by atoms with Crippen molar-refractivity contribution in [1.82, 2.24) is 19.4 Å². The molecule has 3 aliphatic heterocycles. The van der Waals surface area contributed by atoms with Crippen LogP contribution < -0.4 is 20.9 Å². The summed E-state index contributed by atoms with van der Waals surface area (Å²) >= 11 is 0. The van der Waals surface area contributed by atoms with Gasteiger partial charge < -0.3 is 24.8 Å². The largest absolute Gasteiger partial charge is 0.480 e. The molecule has 3 aromatic rings. The van der Waals surface area contributed by atoms with Crippen LogP contribution in [0, 0.1) is 5.82 Å². The third kappa shape index (κ3) is 3.60. The number of piperidine rings is 1. The maximum atomic E-state index is 14.7. The quantitative estimate of drug-likeness (QED) is 0.626. The Bertz CT molecular complexity index is 1320. The van der Waals surface area contributed by atoms with Gasteiger partial charge in [0.05, 0.1) is 17.2 Å². The first kappa shape index (κ1) is 20.1. The summed E-state index contributed by atoms with van der Waals surface area (Å²) in [6.07, 6.45) is 3.09. The standard InChI is InChI=1S/C23H23FN6O3/c24-15-9-25-16-1-4-20(32)30-11-13(21(15)22(16)30)10-29-7-5-14(6-8-29)26-18-3-2-17-23(27-18)28-19(31)12-33-17/h1-4,9,13-14H,5-8,10-12H2,(H2,26,27,28,31)/t13-/m1/s1. The van der Waals surface area contributed by atoms with Crippen molar-refractivity contribution in [1.29, 1.82) is 0 Å². The maximum absolute atomic E-state index is 14.7. The van der Waals surface area contributed by atoms with Crippen LogP contribution in [-0.4, -0.2) is 57.6 Å².